The van der Waals surface area contributed by atoms with Crippen LogP contribution < -0.4 is 0 Å². The maximum atomic E-state index is 11.2. The van der Waals surface area contributed by atoms with Crippen molar-refractivity contribution in [3.8, 4) is 17.0 Å². The van der Waals surface area contributed by atoms with Crippen LogP contribution in [-0.4, -0.2) is 37.6 Å². The molecule has 0 saturated carbocycles. The number of hydrogen-bond acceptors (Lipinski definition) is 6. The second kappa shape index (κ2) is 8.94. The molecule has 0 saturated heterocycles. The Kier molecular flexibility index (Phi) is 5.80. The van der Waals surface area contributed by atoms with Crippen LogP contribution in [0.15, 0.2) is 71.9 Å². The van der Waals surface area contributed by atoms with E-state index in [2.05, 4.69) is 9.97 Å². The Labute approximate surface area is 209 Å². The predicted molar refractivity (Wildman–Crippen MR) is 134 cm³/mol. The summed E-state index contributed by atoms with van der Waals surface area (Å²) in [6.07, 6.45) is 1.62. The lowest BCUT2D eigenvalue weighted by Crippen LogP contribution is -2.10. The van der Waals surface area contributed by atoms with E-state index in [1.54, 1.807) is 18.3 Å². The van der Waals surface area contributed by atoms with Crippen LogP contribution in [0.2, 0.25) is 10.0 Å². The lowest BCUT2D eigenvalue weighted by atomic mass is 9.95. The fourth-order valence-electron chi connectivity index (χ4n) is 3.93. The van der Waals surface area contributed by atoms with E-state index in [-0.39, 0.29) is 22.7 Å². The average molecular weight is 503 g/mol. The second-order valence-electron chi connectivity index (χ2n) is 7.81. The quantitative estimate of drug-likeness (QED) is 0.312. The van der Waals surface area contributed by atoms with E-state index in [4.69, 9.17) is 38.7 Å². The van der Waals surface area contributed by atoms with Gasteiger partial charge in [-0.25, -0.2) is 14.8 Å². The Bertz CT molecular complexity index is 1570. The molecular formula is C26H16Cl2N4O3. The lowest BCUT2D eigenvalue weighted by molar-refractivity contribution is 0.0693. The van der Waals surface area contributed by atoms with Crippen LogP contribution in [0, 0.1) is 5.41 Å². The molecule has 0 radical (unpaired) electrons. The standard InChI is InChI=1S/C26H16Cl2N4O3/c27-15-6-8-16-19(10-15)24(17-3-1-2-4-20(17)28)30-11-14-12-31-25(32-23(14)16)22(29)13-5-7-18(26(34)35)21(33)9-13/h1-10,12,29,33H,11H2,(H,34,35). The molecule has 7 nitrogen and oxygen atoms in total. The minimum Gasteiger partial charge on any atom is -0.507 e. The first-order valence-corrected chi connectivity index (χ1v) is 11.2. The summed E-state index contributed by atoms with van der Waals surface area (Å²) in [6.45, 7) is 0.296. The SMILES string of the molecule is N=C(c1ccc(C(=O)O)c(O)c1)c1ncc2c(n1)-c1ccc(Cl)cc1C(c1ccccc1Cl)=NC2. The van der Waals surface area contributed by atoms with Gasteiger partial charge in [0.25, 0.3) is 0 Å². The molecule has 35 heavy (non-hydrogen) atoms. The van der Waals surface area contributed by atoms with Crippen LogP contribution >= 0.6 is 23.2 Å². The summed E-state index contributed by atoms with van der Waals surface area (Å²) in [6, 6.07) is 16.7. The van der Waals surface area contributed by atoms with E-state index in [0.717, 1.165) is 22.3 Å². The first-order valence-electron chi connectivity index (χ1n) is 10.4. The number of carbonyl (C=O) groups is 1. The first-order chi connectivity index (χ1) is 16.8. The highest BCUT2D eigenvalue weighted by Crippen LogP contribution is 2.34. The number of halogens is 2. The molecule has 0 amide bonds. The number of carboxylic acids is 1. The number of aromatic nitrogens is 2. The Morgan fingerprint density at radius 1 is 0.971 bits per heavy atom. The largest absolute Gasteiger partial charge is 0.507 e. The Morgan fingerprint density at radius 2 is 1.77 bits per heavy atom. The minimum absolute atomic E-state index is 0.0629. The number of benzene rings is 3. The molecule has 3 N–H and O–H groups in total. The number of fused-ring (bicyclic) bond motifs is 3. The molecule has 0 aliphatic carbocycles. The molecule has 0 atom stereocenters. The summed E-state index contributed by atoms with van der Waals surface area (Å²) in [7, 11) is 0. The van der Waals surface area contributed by atoms with Crippen molar-refractivity contribution in [1.29, 1.82) is 5.41 Å². The van der Waals surface area contributed by atoms with Gasteiger partial charge in [0.2, 0.25) is 0 Å². The number of aromatic carboxylic acids is 1. The van der Waals surface area contributed by atoms with Gasteiger partial charge in [0, 0.05) is 44.1 Å². The van der Waals surface area contributed by atoms with Crippen molar-refractivity contribution in [3.05, 3.63) is 111 Å². The van der Waals surface area contributed by atoms with E-state index in [0.29, 0.717) is 28.0 Å². The summed E-state index contributed by atoms with van der Waals surface area (Å²) in [5.41, 5.74) is 4.29. The van der Waals surface area contributed by atoms with E-state index >= 15 is 0 Å². The molecule has 172 valence electrons. The molecule has 1 aliphatic heterocycles. The van der Waals surface area contributed by atoms with Crippen molar-refractivity contribution in [2.75, 3.05) is 0 Å². The van der Waals surface area contributed by atoms with Gasteiger partial charge in [-0.3, -0.25) is 10.4 Å². The third-order valence-corrected chi connectivity index (χ3v) is 6.20. The molecule has 4 aromatic rings. The molecule has 2 heterocycles. The molecule has 0 spiro atoms. The van der Waals surface area contributed by atoms with Gasteiger partial charge in [0.1, 0.15) is 17.0 Å². The highest BCUT2D eigenvalue weighted by atomic mass is 35.5. The van der Waals surface area contributed by atoms with Crippen LogP contribution in [0.25, 0.3) is 11.3 Å². The summed E-state index contributed by atoms with van der Waals surface area (Å²) >= 11 is 12.8. The Balaban J connectivity index is 1.62. The molecule has 3 aromatic carbocycles. The van der Waals surface area contributed by atoms with Crippen molar-refractivity contribution in [2.24, 2.45) is 4.99 Å². The minimum atomic E-state index is -1.26. The first kappa shape index (κ1) is 22.7. The number of aromatic hydroxyl groups is 1. The van der Waals surface area contributed by atoms with Crippen molar-refractivity contribution in [2.45, 2.75) is 6.54 Å². The number of aliphatic imine (C=N–C) groups is 1. The molecule has 1 aliphatic rings. The van der Waals surface area contributed by atoms with Gasteiger partial charge >= 0.3 is 5.97 Å². The highest BCUT2D eigenvalue weighted by Gasteiger charge is 2.23. The zero-order valence-electron chi connectivity index (χ0n) is 18.0. The number of hydrogen-bond donors (Lipinski definition) is 3. The van der Waals surface area contributed by atoms with Gasteiger partial charge in [0.05, 0.1) is 18.0 Å². The van der Waals surface area contributed by atoms with Crippen molar-refractivity contribution in [1.82, 2.24) is 9.97 Å². The van der Waals surface area contributed by atoms with E-state index in [1.807, 2.05) is 30.3 Å². The summed E-state index contributed by atoms with van der Waals surface area (Å²) < 4.78 is 0. The second-order valence-corrected chi connectivity index (χ2v) is 8.66. The Hall–Kier alpha value is -4.07. The van der Waals surface area contributed by atoms with Gasteiger partial charge in [-0.05, 0) is 30.3 Å². The van der Waals surface area contributed by atoms with Gasteiger partial charge in [0.15, 0.2) is 5.82 Å². The molecule has 1 aromatic heterocycles. The van der Waals surface area contributed by atoms with Crippen molar-refractivity contribution < 1.29 is 15.0 Å². The monoisotopic (exact) mass is 502 g/mol. The van der Waals surface area contributed by atoms with Gasteiger partial charge in [-0.15, -0.1) is 0 Å². The van der Waals surface area contributed by atoms with Crippen LogP contribution in [0.5, 0.6) is 5.75 Å². The zero-order chi connectivity index (χ0) is 24.7. The summed E-state index contributed by atoms with van der Waals surface area (Å²) in [5.74, 6) is -1.58. The number of rotatable bonds is 4. The normalized spacial score (nSPS) is 12.2. The maximum absolute atomic E-state index is 11.2. The van der Waals surface area contributed by atoms with Gasteiger partial charge in [-0.1, -0.05) is 53.5 Å². The van der Waals surface area contributed by atoms with E-state index in [9.17, 15) is 9.90 Å². The van der Waals surface area contributed by atoms with Gasteiger partial charge in [-0.2, -0.15) is 0 Å². The van der Waals surface area contributed by atoms with Gasteiger partial charge < -0.3 is 10.2 Å². The molecule has 0 fully saturated rings. The predicted octanol–water partition coefficient (Wildman–Crippen LogP) is 5.62. The summed E-state index contributed by atoms with van der Waals surface area (Å²) in [4.78, 5) is 25.0. The highest BCUT2D eigenvalue weighted by molar-refractivity contribution is 6.36. The molecule has 9 heteroatoms. The number of carboxylic acid groups (broad SMARTS) is 1. The van der Waals surface area contributed by atoms with E-state index in [1.165, 1.54) is 18.2 Å². The number of nitrogens with one attached hydrogen (secondary N) is 1. The third kappa shape index (κ3) is 4.16. The van der Waals surface area contributed by atoms with E-state index < -0.39 is 11.7 Å². The smallest absolute Gasteiger partial charge is 0.339 e. The van der Waals surface area contributed by atoms with Crippen LogP contribution in [0.3, 0.4) is 0 Å². The molecular weight excluding hydrogens is 487 g/mol. The van der Waals surface area contributed by atoms with Crippen LogP contribution in [-0.2, 0) is 6.54 Å². The number of phenols is 1. The van der Waals surface area contributed by atoms with Crippen molar-refractivity contribution in [3.63, 3.8) is 0 Å². The number of nitrogens with zero attached hydrogens (tertiary/aromatic N) is 3. The Morgan fingerprint density at radius 3 is 2.51 bits per heavy atom. The molecule has 5 rings (SSSR count). The molecule has 0 unspecified atom stereocenters. The topological polar surface area (TPSA) is 120 Å². The average Bonchev–Trinajstić information content (AvgIpc) is 2.99. The van der Waals surface area contributed by atoms with Crippen LogP contribution in [0.1, 0.15) is 38.4 Å². The zero-order valence-corrected chi connectivity index (χ0v) is 19.5. The summed E-state index contributed by atoms with van der Waals surface area (Å²) in [5, 5.41) is 28.9. The fourth-order valence-corrected chi connectivity index (χ4v) is 4.32. The third-order valence-electron chi connectivity index (χ3n) is 5.63. The molecule has 0 bridgehead atoms. The van der Waals surface area contributed by atoms with Crippen molar-refractivity contribution >= 4 is 40.6 Å². The fraction of sp³-hybridized carbons (Fsp3) is 0.0385. The van der Waals surface area contributed by atoms with Crippen LogP contribution in [0.4, 0.5) is 0 Å². The maximum Gasteiger partial charge on any atom is 0.339 e. The lowest BCUT2D eigenvalue weighted by Gasteiger charge is -2.13.